The maximum atomic E-state index is 9.46. The van der Waals surface area contributed by atoms with Gasteiger partial charge in [0.05, 0.1) is 6.61 Å². The van der Waals surface area contributed by atoms with Crippen LogP contribution < -0.4 is 4.74 Å². The number of benzene rings is 1. The second kappa shape index (κ2) is 6.38. The maximum Gasteiger partial charge on any atom is 0.126 e. The molecule has 0 aromatic heterocycles. The predicted molar refractivity (Wildman–Crippen MR) is 64.0 cm³/mol. The molecule has 0 aliphatic heterocycles. The topological polar surface area (TPSA) is 38.7 Å². The zero-order valence-corrected chi connectivity index (χ0v) is 10.2. The van der Waals surface area contributed by atoms with Crippen LogP contribution in [-0.2, 0) is 4.74 Å². The SMILES string of the molecule is Cc1c(O)cccc1OCCOCC(C)C. The fourth-order valence-corrected chi connectivity index (χ4v) is 1.29. The van der Waals surface area contributed by atoms with Gasteiger partial charge in [-0.05, 0) is 25.0 Å². The van der Waals surface area contributed by atoms with Crippen molar-refractivity contribution in [1.29, 1.82) is 0 Å². The summed E-state index contributed by atoms with van der Waals surface area (Å²) < 4.78 is 10.9. The molecule has 1 rings (SSSR count). The second-order valence-electron chi connectivity index (χ2n) is 4.22. The molecule has 90 valence electrons. The van der Waals surface area contributed by atoms with Crippen molar-refractivity contribution in [2.45, 2.75) is 20.8 Å². The third-order valence-corrected chi connectivity index (χ3v) is 2.19. The molecule has 0 aliphatic rings. The van der Waals surface area contributed by atoms with Gasteiger partial charge in [0, 0.05) is 12.2 Å². The van der Waals surface area contributed by atoms with E-state index in [0.29, 0.717) is 24.9 Å². The van der Waals surface area contributed by atoms with E-state index < -0.39 is 0 Å². The van der Waals surface area contributed by atoms with E-state index in [2.05, 4.69) is 13.8 Å². The molecule has 3 nitrogen and oxygen atoms in total. The van der Waals surface area contributed by atoms with E-state index in [1.54, 1.807) is 12.1 Å². The van der Waals surface area contributed by atoms with Crippen molar-refractivity contribution in [1.82, 2.24) is 0 Å². The highest BCUT2D eigenvalue weighted by atomic mass is 16.5. The van der Waals surface area contributed by atoms with Crippen molar-refractivity contribution in [3.05, 3.63) is 23.8 Å². The number of aromatic hydroxyl groups is 1. The first kappa shape index (κ1) is 12.8. The smallest absolute Gasteiger partial charge is 0.126 e. The molecular formula is C13H20O3. The molecule has 1 N–H and O–H groups in total. The van der Waals surface area contributed by atoms with E-state index in [0.717, 1.165) is 12.2 Å². The van der Waals surface area contributed by atoms with Gasteiger partial charge in [-0.1, -0.05) is 19.9 Å². The number of phenolic OH excluding ortho intramolecular Hbond substituents is 1. The quantitative estimate of drug-likeness (QED) is 0.755. The Balaban J connectivity index is 2.29. The Morgan fingerprint density at radius 2 is 2.00 bits per heavy atom. The number of ether oxygens (including phenoxy) is 2. The highest BCUT2D eigenvalue weighted by molar-refractivity contribution is 5.42. The van der Waals surface area contributed by atoms with Crippen LogP contribution in [0.4, 0.5) is 0 Å². The van der Waals surface area contributed by atoms with Crippen molar-refractivity contribution in [2.75, 3.05) is 19.8 Å². The van der Waals surface area contributed by atoms with Crippen LogP contribution in [0.3, 0.4) is 0 Å². The monoisotopic (exact) mass is 224 g/mol. The molecule has 1 aromatic carbocycles. The minimum absolute atomic E-state index is 0.264. The highest BCUT2D eigenvalue weighted by Gasteiger charge is 2.03. The average Bonchev–Trinajstić information content (AvgIpc) is 2.23. The summed E-state index contributed by atoms with van der Waals surface area (Å²) in [5, 5.41) is 9.46. The summed E-state index contributed by atoms with van der Waals surface area (Å²) in [5.41, 5.74) is 0.770. The lowest BCUT2D eigenvalue weighted by Crippen LogP contribution is -2.10. The molecule has 0 spiro atoms. The summed E-state index contributed by atoms with van der Waals surface area (Å²) in [4.78, 5) is 0. The molecular weight excluding hydrogens is 204 g/mol. The molecule has 1 aromatic rings. The van der Waals surface area contributed by atoms with Gasteiger partial charge in [-0.25, -0.2) is 0 Å². The molecule has 0 amide bonds. The summed E-state index contributed by atoms with van der Waals surface area (Å²) in [6.45, 7) is 7.90. The molecule has 3 heteroatoms. The van der Waals surface area contributed by atoms with E-state index in [9.17, 15) is 5.11 Å². The van der Waals surface area contributed by atoms with E-state index in [1.807, 2.05) is 13.0 Å². The second-order valence-corrected chi connectivity index (χ2v) is 4.22. The van der Waals surface area contributed by atoms with Crippen molar-refractivity contribution in [3.8, 4) is 11.5 Å². The van der Waals surface area contributed by atoms with Gasteiger partial charge in [-0.15, -0.1) is 0 Å². The average molecular weight is 224 g/mol. The van der Waals surface area contributed by atoms with E-state index in [1.165, 1.54) is 0 Å². The fraction of sp³-hybridized carbons (Fsp3) is 0.538. The molecule has 0 aliphatic carbocycles. The number of phenols is 1. The van der Waals surface area contributed by atoms with Gasteiger partial charge in [0.1, 0.15) is 18.1 Å². The van der Waals surface area contributed by atoms with Crippen LogP contribution in [0.25, 0.3) is 0 Å². The summed E-state index contributed by atoms with van der Waals surface area (Å²) in [6.07, 6.45) is 0. The van der Waals surface area contributed by atoms with E-state index in [4.69, 9.17) is 9.47 Å². The Bertz CT molecular complexity index is 321. The van der Waals surface area contributed by atoms with Gasteiger partial charge in [-0.2, -0.15) is 0 Å². The summed E-state index contributed by atoms with van der Waals surface area (Å²) in [6, 6.07) is 5.27. The van der Waals surface area contributed by atoms with Crippen molar-refractivity contribution >= 4 is 0 Å². The third-order valence-electron chi connectivity index (χ3n) is 2.19. The summed E-state index contributed by atoms with van der Waals surface area (Å²) >= 11 is 0. The van der Waals surface area contributed by atoms with Crippen LogP contribution in [-0.4, -0.2) is 24.9 Å². The largest absolute Gasteiger partial charge is 0.508 e. The van der Waals surface area contributed by atoms with Crippen LogP contribution in [0, 0.1) is 12.8 Å². The van der Waals surface area contributed by atoms with Crippen LogP contribution >= 0.6 is 0 Å². The molecule has 0 saturated carbocycles. The maximum absolute atomic E-state index is 9.46. The summed E-state index contributed by atoms with van der Waals surface area (Å²) in [7, 11) is 0. The Hall–Kier alpha value is -1.22. The Labute approximate surface area is 97.0 Å². The van der Waals surface area contributed by atoms with Crippen LogP contribution in [0.1, 0.15) is 19.4 Å². The van der Waals surface area contributed by atoms with Crippen molar-refractivity contribution in [2.24, 2.45) is 5.92 Å². The molecule has 0 saturated heterocycles. The van der Waals surface area contributed by atoms with Gasteiger partial charge in [-0.3, -0.25) is 0 Å². The van der Waals surface area contributed by atoms with E-state index in [-0.39, 0.29) is 5.75 Å². The van der Waals surface area contributed by atoms with Crippen LogP contribution in [0.5, 0.6) is 11.5 Å². The molecule has 0 radical (unpaired) electrons. The number of rotatable bonds is 6. The van der Waals surface area contributed by atoms with Crippen LogP contribution in [0.15, 0.2) is 18.2 Å². The highest BCUT2D eigenvalue weighted by Crippen LogP contribution is 2.25. The first-order valence-corrected chi connectivity index (χ1v) is 5.60. The van der Waals surface area contributed by atoms with Crippen molar-refractivity contribution < 1.29 is 14.6 Å². The third kappa shape index (κ3) is 4.11. The van der Waals surface area contributed by atoms with Gasteiger partial charge in [0.15, 0.2) is 0 Å². The normalized spacial score (nSPS) is 10.8. The zero-order chi connectivity index (χ0) is 12.0. The first-order chi connectivity index (χ1) is 7.61. The van der Waals surface area contributed by atoms with Gasteiger partial charge >= 0.3 is 0 Å². The van der Waals surface area contributed by atoms with Gasteiger partial charge in [0.2, 0.25) is 0 Å². The predicted octanol–water partition coefficient (Wildman–Crippen LogP) is 2.75. The zero-order valence-electron chi connectivity index (χ0n) is 10.2. The van der Waals surface area contributed by atoms with Crippen molar-refractivity contribution in [3.63, 3.8) is 0 Å². The lowest BCUT2D eigenvalue weighted by Gasteiger charge is -2.11. The Morgan fingerprint density at radius 1 is 1.25 bits per heavy atom. The Kier molecular flexibility index (Phi) is 5.12. The number of hydrogen-bond acceptors (Lipinski definition) is 3. The summed E-state index contributed by atoms with van der Waals surface area (Å²) in [5.74, 6) is 1.52. The first-order valence-electron chi connectivity index (χ1n) is 5.60. The lowest BCUT2D eigenvalue weighted by molar-refractivity contribution is 0.0816. The molecule has 0 atom stereocenters. The molecule has 0 heterocycles. The molecule has 0 bridgehead atoms. The van der Waals surface area contributed by atoms with Crippen LogP contribution in [0.2, 0.25) is 0 Å². The molecule has 0 fully saturated rings. The minimum Gasteiger partial charge on any atom is -0.508 e. The van der Waals surface area contributed by atoms with Gasteiger partial charge < -0.3 is 14.6 Å². The van der Waals surface area contributed by atoms with Gasteiger partial charge in [0.25, 0.3) is 0 Å². The lowest BCUT2D eigenvalue weighted by atomic mass is 10.2. The number of hydrogen-bond donors (Lipinski definition) is 1. The minimum atomic E-state index is 0.264. The Morgan fingerprint density at radius 3 is 2.69 bits per heavy atom. The fourth-order valence-electron chi connectivity index (χ4n) is 1.29. The molecule has 16 heavy (non-hydrogen) atoms. The molecule has 0 unspecified atom stereocenters. The van der Waals surface area contributed by atoms with E-state index >= 15 is 0 Å². The standard InChI is InChI=1S/C13H20O3/c1-10(2)9-15-7-8-16-13-6-4-5-12(14)11(13)3/h4-6,10,14H,7-9H2,1-3H3.